The Bertz CT molecular complexity index is 454. The standard InChI is InChI=1S/C15H23N3O4/c19-13-9-8-12(17-18-13)15(21)22-10-14(20)16-11-6-4-2-1-3-5-7-11/h11H,1-10H2,(H,16,20)(H,18,19). The van der Waals surface area contributed by atoms with Crippen molar-refractivity contribution in [1.29, 1.82) is 0 Å². The first kappa shape index (κ1) is 16.5. The van der Waals surface area contributed by atoms with Crippen LogP contribution in [0.1, 0.15) is 57.8 Å². The molecular formula is C15H23N3O4. The lowest BCUT2D eigenvalue weighted by Crippen LogP contribution is -2.39. The number of hydrazone groups is 1. The SMILES string of the molecule is O=C1CCC(C(=O)OCC(=O)NC2CCCCCCC2)=NN1. The van der Waals surface area contributed by atoms with Gasteiger partial charge < -0.3 is 10.1 Å². The van der Waals surface area contributed by atoms with Crippen molar-refractivity contribution in [3.63, 3.8) is 0 Å². The van der Waals surface area contributed by atoms with E-state index in [9.17, 15) is 14.4 Å². The van der Waals surface area contributed by atoms with Gasteiger partial charge in [0.2, 0.25) is 5.91 Å². The van der Waals surface area contributed by atoms with E-state index < -0.39 is 5.97 Å². The van der Waals surface area contributed by atoms with E-state index in [0.29, 0.717) is 0 Å². The van der Waals surface area contributed by atoms with Gasteiger partial charge in [-0.3, -0.25) is 9.59 Å². The van der Waals surface area contributed by atoms with Crippen LogP contribution in [0.25, 0.3) is 0 Å². The summed E-state index contributed by atoms with van der Waals surface area (Å²) in [6, 6.07) is 0.179. The molecule has 0 spiro atoms. The Kier molecular flexibility index (Phi) is 6.36. The van der Waals surface area contributed by atoms with Crippen molar-refractivity contribution >= 4 is 23.5 Å². The monoisotopic (exact) mass is 309 g/mol. The lowest BCUT2D eigenvalue weighted by molar-refractivity contribution is -0.142. The molecule has 7 nitrogen and oxygen atoms in total. The maximum atomic E-state index is 11.9. The van der Waals surface area contributed by atoms with Crippen molar-refractivity contribution in [2.45, 2.75) is 63.8 Å². The number of carbonyl (C=O) groups is 3. The molecule has 0 saturated heterocycles. The topological polar surface area (TPSA) is 96.9 Å². The molecule has 0 aromatic rings. The number of amides is 2. The lowest BCUT2D eigenvalue weighted by atomic mass is 9.97. The Balaban J connectivity index is 1.70. The van der Waals surface area contributed by atoms with E-state index in [4.69, 9.17) is 4.74 Å². The fourth-order valence-corrected chi connectivity index (χ4v) is 2.71. The van der Waals surface area contributed by atoms with Gasteiger partial charge in [-0.2, -0.15) is 5.10 Å². The summed E-state index contributed by atoms with van der Waals surface area (Å²) in [6.07, 6.45) is 8.38. The van der Waals surface area contributed by atoms with Crippen LogP contribution in [0, 0.1) is 0 Å². The summed E-state index contributed by atoms with van der Waals surface area (Å²) in [7, 11) is 0. The second kappa shape index (κ2) is 8.51. The minimum atomic E-state index is -0.646. The summed E-state index contributed by atoms with van der Waals surface area (Å²) < 4.78 is 4.94. The molecule has 7 heteroatoms. The van der Waals surface area contributed by atoms with Gasteiger partial charge in [0.25, 0.3) is 5.91 Å². The van der Waals surface area contributed by atoms with Crippen LogP contribution in [0.4, 0.5) is 0 Å². The number of rotatable bonds is 4. The zero-order chi connectivity index (χ0) is 15.8. The van der Waals surface area contributed by atoms with E-state index in [2.05, 4.69) is 15.8 Å². The van der Waals surface area contributed by atoms with E-state index >= 15 is 0 Å². The largest absolute Gasteiger partial charge is 0.451 e. The van der Waals surface area contributed by atoms with Crippen LogP contribution in [0.15, 0.2) is 5.10 Å². The van der Waals surface area contributed by atoms with Crippen molar-refractivity contribution in [3.05, 3.63) is 0 Å². The minimum Gasteiger partial charge on any atom is -0.451 e. The Morgan fingerprint density at radius 2 is 1.82 bits per heavy atom. The normalized spacial score (nSPS) is 20.2. The molecule has 1 saturated carbocycles. The molecule has 22 heavy (non-hydrogen) atoms. The van der Waals surface area contributed by atoms with Gasteiger partial charge in [0.05, 0.1) is 0 Å². The fourth-order valence-electron chi connectivity index (χ4n) is 2.71. The maximum absolute atomic E-state index is 11.9. The molecule has 0 atom stereocenters. The van der Waals surface area contributed by atoms with Gasteiger partial charge in [0.15, 0.2) is 6.61 Å². The molecule has 1 fully saturated rings. The molecule has 2 N–H and O–H groups in total. The van der Waals surface area contributed by atoms with E-state index in [1.165, 1.54) is 19.3 Å². The molecule has 1 aliphatic heterocycles. The summed E-state index contributed by atoms with van der Waals surface area (Å²) in [5.74, 6) is -1.15. The van der Waals surface area contributed by atoms with Crippen molar-refractivity contribution in [2.24, 2.45) is 5.10 Å². The summed E-state index contributed by atoms with van der Waals surface area (Å²) in [4.78, 5) is 34.5. The third-order valence-electron chi connectivity index (χ3n) is 3.94. The van der Waals surface area contributed by atoms with Crippen molar-refractivity contribution in [3.8, 4) is 0 Å². The van der Waals surface area contributed by atoms with Crippen LogP contribution >= 0.6 is 0 Å². The van der Waals surface area contributed by atoms with Gasteiger partial charge >= 0.3 is 5.97 Å². The zero-order valence-corrected chi connectivity index (χ0v) is 12.7. The van der Waals surface area contributed by atoms with E-state index in [-0.39, 0.29) is 43.0 Å². The molecule has 1 aliphatic carbocycles. The van der Waals surface area contributed by atoms with Crippen LogP contribution in [-0.4, -0.2) is 36.1 Å². The molecule has 0 bridgehead atoms. The highest BCUT2D eigenvalue weighted by Gasteiger charge is 2.21. The summed E-state index contributed by atoms with van der Waals surface area (Å²) in [5, 5.41) is 6.56. The van der Waals surface area contributed by atoms with Crippen LogP contribution in [0.3, 0.4) is 0 Å². The average Bonchev–Trinajstić information content (AvgIpc) is 2.48. The molecule has 1 heterocycles. The quantitative estimate of drug-likeness (QED) is 0.758. The molecule has 2 amide bonds. The van der Waals surface area contributed by atoms with Crippen LogP contribution < -0.4 is 10.7 Å². The molecule has 0 aromatic carbocycles. The number of nitrogens with one attached hydrogen (secondary N) is 2. The number of hydrogen-bond donors (Lipinski definition) is 2. The predicted octanol–water partition coefficient (Wildman–Crippen LogP) is 1.02. The van der Waals surface area contributed by atoms with Crippen LogP contribution in [-0.2, 0) is 19.1 Å². The van der Waals surface area contributed by atoms with E-state index in [1.54, 1.807) is 0 Å². The number of nitrogens with zero attached hydrogens (tertiary/aromatic N) is 1. The summed E-state index contributed by atoms with van der Waals surface area (Å²) in [5.41, 5.74) is 2.38. The first-order valence-electron chi connectivity index (χ1n) is 7.97. The van der Waals surface area contributed by atoms with E-state index in [1.807, 2.05) is 0 Å². The smallest absolute Gasteiger partial charge is 0.355 e. The highest BCUT2D eigenvalue weighted by molar-refractivity contribution is 6.37. The number of esters is 1. The van der Waals surface area contributed by atoms with E-state index in [0.717, 1.165) is 25.7 Å². The molecule has 0 aromatic heterocycles. The van der Waals surface area contributed by atoms with Crippen molar-refractivity contribution in [1.82, 2.24) is 10.7 Å². The third kappa shape index (κ3) is 5.46. The Hall–Kier alpha value is -1.92. The average molecular weight is 309 g/mol. The fraction of sp³-hybridized carbons (Fsp3) is 0.733. The molecule has 0 unspecified atom stereocenters. The van der Waals surface area contributed by atoms with Gasteiger partial charge in [-0.25, -0.2) is 10.2 Å². The first-order valence-corrected chi connectivity index (χ1v) is 7.97. The minimum absolute atomic E-state index is 0.151. The highest BCUT2D eigenvalue weighted by atomic mass is 16.5. The van der Waals surface area contributed by atoms with Crippen LogP contribution in [0.2, 0.25) is 0 Å². The number of carbonyl (C=O) groups excluding carboxylic acids is 3. The zero-order valence-electron chi connectivity index (χ0n) is 12.7. The van der Waals surface area contributed by atoms with Gasteiger partial charge in [-0.05, 0) is 12.8 Å². The van der Waals surface area contributed by atoms with Gasteiger partial charge in [-0.1, -0.05) is 32.1 Å². The molecule has 122 valence electrons. The summed E-state index contributed by atoms with van der Waals surface area (Å²) in [6.45, 7) is -0.303. The molecular weight excluding hydrogens is 286 g/mol. The highest BCUT2D eigenvalue weighted by Crippen LogP contribution is 2.16. The molecule has 2 rings (SSSR count). The van der Waals surface area contributed by atoms with Gasteiger partial charge in [-0.15, -0.1) is 0 Å². The predicted molar refractivity (Wildman–Crippen MR) is 80.0 cm³/mol. The third-order valence-corrected chi connectivity index (χ3v) is 3.94. The summed E-state index contributed by atoms with van der Waals surface area (Å²) >= 11 is 0. The molecule has 0 radical (unpaired) electrons. The van der Waals surface area contributed by atoms with Gasteiger partial charge in [0, 0.05) is 18.9 Å². The second-order valence-corrected chi connectivity index (χ2v) is 5.78. The van der Waals surface area contributed by atoms with Crippen molar-refractivity contribution in [2.75, 3.05) is 6.61 Å². The Morgan fingerprint density at radius 3 is 2.45 bits per heavy atom. The second-order valence-electron chi connectivity index (χ2n) is 5.78. The van der Waals surface area contributed by atoms with Crippen LogP contribution in [0.5, 0.6) is 0 Å². The lowest BCUT2D eigenvalue weighted by Gasteiger charge is -2.21. The van der Waals surface area contributed by atoms with Crippen molar-refractivity contribution < 1.29 is 19.1 Å². The Labute approximate surface area is 129 Å². The Morgan fingerprint density at radius 1 is 1.14 bits per heavy atom. The van der Waals surface area contributed by atoms with Gasteiger partial charge in [0.1, 0.15) is 5.71 Å². The first-order chi connectivity index (χ1) is 10.6. The number of ether oxygens (including phenoxy) is 1. The maximum Gasteiger partial charge on any atom is 0.355 e. The number of hydrogen-bond acceptors (Lipinski definition) is 5. The molecule has 2 aliphatic rings.